The van der Waals surface area contributed by atoms with E-state index < -0.39 is 5.97 Å². The number of carboxylic acid groups (broad SMARTS) is 1. The number of anilines is 2. The van der Waals surface area contributed by atoms with Crippen LogP contribution in [0.4, 0.5) is 11.6 Å². The number of rotatable bonds is 4. The molecule has 1 amide bonds. The Labute approximate surface area is 154 Å². The van der Waals surface area contributed by atoms with Crippen LogP contribution in [-0.4, -0.2) is 32.4 Å². The molecule has 4 aromatic rings. The van der Waals surface area contributed by atoms with E-state index in [0.29, 0.717) is 18.0 Å². The van der Waals surface area contributed by atoms with Gasteiger partial charge in [-0.15, -0.1) is 0 Å². The summed E-state index contributed by atoms with van der Waals surface area (Å²) in [6.07, 6.45) is 3.97. The number of para-hydroxylation sites is 1. The van der Waals surface area contributed by atoms with Crippen LogP contribution in [0.25, 0.3) is 10.9 Å². The van der Waals surface area contributed by atoms with Crippen LogP contribution in [0.5, 0.6) is 0 Å². The molecule has 4 rings (SSSR count). The molecule has 0 unspecified atom stereocenters. The van der Waals surface area contributed by atoms with Crippen molar-refractivity contribution in [1.82, 2.24) is 15.0 Å². The Kier molecular flexibility index (Phi) is 5.54. The Morgan fingerprint density at radius 1 is 0.926 bits per heavy atom. The van der Waals surface area contributed by atoms with Gasteiger partial charge in [0.05, 0.1) is 0 Å². The van der Waals surface area contributed by atoms with E-state index in [4.69, 9.17) is 5.11 Å². The minimum atomic E-state index is -0.925. The zero-order chi connectivity index (χ0) is 19.1. The summed E-state index contributed by atoms with van der Waals surface area (Å²) < 4.78 is 0. The fourth-order valence-electron chi connectivity index (χ4n) is 2.41. The van der Waals surface area contributed by atoms with Crippen molar-refractivity contribution in [2.75, 3.05) is 4.90 Å². The van der Waals surface area contributed by atoms with Crippen molar-refractivity contribution in [2.24, 2.45) is 0 Å². The Morgan fingerprint density at radius 3 is 2.00 bits per heavy atom. The number of H-pyrrole nitrogens is 1. The van der Waals surface area contributed by atoms with Gasteiger partial charge in [-0.1, -0.05) is 30.3 Å². The average molecular weight is 360 g/mol. The monoisotopic (exact) mass is 360 g/mol. The molecule has 0 atom stereocenters. The third kappa shape index (κ3) is 4.35. The maximum Gasteiger partial charge on any atom is 0.352 e. The van der Waals surface area contributed by atoms with Gasteiger partial charge in [0, 0.05) is 23.3 Å². The van der Waals surface area contributed by atoms with Gasteiger partial charge >= 0.3 is 5.97 Å². The van der Waals surface area contributed by atoms with Gasteiger partial charge in [0.2, 0.25) is 6.41 Å². The van der Waals surface area contributed by atoms with Gasteiger partial charge in [0.15, 0.2) is 0 Å². The Morgan fingerprint density at radius 2 is 1.52 bits per heavy atom. The number of aromatic amines is 1. The average Bonchev–Trinajstić information content (AvgIpc) is 3.16. The minimum Gasteiger partial charge on any atom is -0.477 e. The zero-order valence-electron chi connectivity index (χ0n) is 14.2. The van der Waals surface area contributed by atoms with E-state index >= 15 is 0 Å². The maximum atomic E-state index is 11.0. The Bertz CT molecular complexity index is 960. The van der Waals surface area contributed by atoms with Crippen molar-refractivity contribution >= 4 is 34.9 Å². The van der Waals surface area contributed by atoms with Crippen molar-refractivity contribution in [2.45, 2.75) is 0 Å². The summed E-state index contributed by atoms with van der Waals surface area (Å²) in [5.41, 5.74) is 1.09. The molecule has 3 heterocycles. The van der Waals surface area contributed by atoms with E-state index in [1.54, 1.807) is 42.7 Å². The number of aromatic carboxylic acids is 1. The summed E-state index contributed by atoms with van der Waals surface area (Å²) in [5.74, 6) is 0.198. The van der Waals surface area contributed by atoms with Gasteiger partial charge in [0.25, 0.3) is 0 Å². The van der Waals surface area contributed by atoms with Crippen molar-refractivity contribution in [3.63, 3.8) is 0 Å². The number of fused-ring (bicyclic) bond motifs is 1. The number of benzene rings is 1. The van der Waals surface area contributed by atoms with Gasteiger partial charge < -0.3 is 10.1 Å². The zero-order valence-corrected chi connectivity index (χ0v) is 14.2. The standard InChI is InChI=1S/C11H9N3O.C9H7NO2/c15-9-14(10-5-1-3-7-12-10)11-6-2-4-8-13-11;11-9(12)8-5-6-3-1-2-4-7(6)10-8/h1-9H;1-5,10H,(H,11,12). The van der Waals surface area contributed by atoms with Crippen LogP contribution in [0.15, 0.2) is 79.1 Å². The lowest BCUT2D eigenvalue weighted by Crippen LogP contribution is -2.16. The largest absolute Gasteiger partial charge is 0.477 e. The molecule has 134 valence electrons. The number of nitrogens with one attached hydrogen (secondary N) is 1. The molecule has 0 spiro atoms. The number of amides is 1. The normalized spacial score (nSPS) is 9.93. The molecule has 0 fully saturated rings. The third-order valence-corrected chi connectivity index (χ3v) is 3.66. The first-order valence-corrected chi connectivity index (χ1v) is 8.06. The molecule has 3 aromatic heterocycles. The van der Waals surface area contributed by atoms with Crippen LogP contribution in [0.3, 0.4) is 0 Å². The van der Waals surface area contributed by atoms with Crippen LogP contribution >= 0.6 is 0 Å². The Balaban J connectivity index is 0.000000159. The fourth-order valence-corrected chi connectivity index (χ4v) is 2.41. The van der Waals surface area contributed by atoms with Gasteiger partial charge in [-0.05, 0) is 36.4 Å². The highest BCUT2D eigenvalue weighted by molar-refractivity contribution is 5.93. The molecule has 27 heavy (non-hydrogen) atoms. The molecular weight excluding hydrogens is 344 g/mol. The summed E-state index contributed by atoms with van der Waals surface area (Å²) in [5, 5.41) is 9.58. The molecule has 1 aromatic carbocycles. The fraction of sp³-hybridized carbons (Fsp3) is 0. The lowest BCUT2D eigenvalue weighted by molar-refractivity contribution is -0.106. The lowest BCUT2D eigenvalue weighted by Gasteiger charge is -2.14. The highest BCUT2D eigenvalue weighted by Gasteiger charge is 2.08. The number of aromatic nitrogens is 3. The molecule has 0 aliphatic carbocycles. The molecule has 2 N–H and O–H groups in total. The number of carbonyl (C=O) groups is 2. The van der Waals surface area contributed by atoms with E-state index in [1.165, 1.54) is 4.90 Å². The maximum absolute atomic E-state index is 11.0. The molecule has 0 aliphatic rings. The highest BCUT2D eigenvalue weighted by atomic mass is 16.4. The smallest absolute Gasteiger partial charge is 0.352 e. The van der Waals surface area contributed by atoms with E-state index in [1.807, 2.05) is 36.4 Å². The second-order valence-electron chi connectivity index (χ2n) is 5.43. The molecule has 0 saturated heterocycles. The first-order valence-electron chi connectivity index (χ1n) is 8.06. The van der Waals surface area contributed by atoms with Crippen LogP contribution in [0, 0.1) is 0 Å². The highest BCUT2D eigenvalue weighted by Crippen LogP contribution is 2.17. The predicted molar refractivity (Wildman–Crippen MR) is 102 cm³/mol. The first-order chi connectivity index (χ1) is 13.2. The molecule has 0 radical (unpaired) electrons. The SMILES string of the molecule is O=C(O)c1cc2ccccc2[nH]1.O=CN(c1ccccn1)c1ccccn1. The first kappa shape index (κ1) is 17.8. The number of carbonyl (C=O) groups excluding carboxylic acids is 1. The van der Waals surface area contributed by atoms with E-state index in [-0.39, 0.29) is 5.69 Å². The second kappa shape index (κ2) is 8.39. The minimum absolute atomic E-state index is 0.233. The van der Waals surface area contributed by atoms with Crippen LogP contribution < -0.4 is 4.90 Å². The van der Waals surface area contributed by atoms with E-state index in [0.717, 1.165) is 10.9 Å². The van der Waals surface area contributed by atoms with Crippen molar-refractivity contribution in [3.05, 3.63) is 84.8 Å². The molecule has 0 bridgehead atoms. The number of pyridine rings is 2. The lowest BCUT2D eigenvalue weighted by atomic mass is 10.2. The van der Waals surface area contributed by atoms with Crippen LogP contribution in [0.1, 0.15) is 10.5 Å². The number of nitrogens with zero attached hydrogens (tertiary/aromatic N) is 3. The van der Waals surface area contributed by atoms with E-state index in [9.17, 15) is 9.59 Å². The van der Waals surface area contributed by atoms with Gasteiger partial charge in [-0.25, -0.2) is 14.8 Å². The topological polar surface area (TPSA) is 99.2 Å². The number of hydrogen-bond donors (Lipinski definition) is 2. The van der Waals surface area contributed by atoms with Crippen LogP contribution in [-0.2, 0) is 4.79 Å². The third-order valence-electron chi connectivity index (χ3n) is 3.66. The quantitative estimate of drug-likeness (QED) is 0.541. The summed E-state index contributed by atoms with van der Waals surface area (Å²) in [7, 11) is 0. The van der Waals surface area contributed by atoms with Crippen molar-refractivity contribution in [1.29, 1.82) is 0 Å². The van der Waals surface area contributed by atoms with Crippen molar-refractivity contribution < 1.29 is 14.7 Å². The number of hydrogen-bond acceptors (Lipinski definition) is 4. The molecule has 0 saturated carbocycles. The van der Waals surface area contributed by atoms with Gasteiger partial charge in [0.1, 0.15) is 17.3 Å². The molecular formula is C20H16N4O3. The second-order valence-corrected chi connectivity index (χ2v) is 5.43. The Hall–Kier alpha value is -4.00. The van der Waals surface area contributed by atoms with Gasteiger partial charge in [-0.2, -0.15) is 0 Å². The molecule has 0 aliphatic heterocycles. The van der Waals surface area contributed by atoms with Gasteiger partial charge in [-0.3, -0.25) is 9.69 Å². The van der Waals surface area contributed by atoms with E-state index in [2.05, 4.69) is 15.0 Å². The summed E-state index contributed by atoms with van der Waals surface area (Å²) >= 11 is 0. The number of carboxylic acids is 1. The summed E-state index contributed by atoms with van der Waals surface area (Å²) in [6, 6.07) is 19.8. The van der Waals surface area contributed by atoms with Crippen LogP contribution in [0.2, 0.25) is 0 Å². The molecule has 7 heteroatoms. The van der Waals surface area contributed by atoms with Crippen molar-refractivity contribution in [3.8, 4) is 0 Å². The summed E-state index contributed by atoms with van der Waals surface area (Å²) in [6.45, 7) is 0. The molecule has 7 nitrogen and oxygen atoms in total. The predicted octanol–water partition coefficient (Wildman–Crippen LogP) is 3.64. The summed E-state index contributed by atoms with van der Waals surface area (Å²) in [4.78, 5) is 33.8.